The topological polar surface area (TPSA) is 47.0 Å². The Kier molecular flexibility index (Phi) is 5.02. The highest BCUT2D eigenvalue weighted by Crippen LogP contribution is 2.07. The number of aromatic nitrogens is 2. The third kappa shape index (κ3) is 4.32. The van der Waals surface area contributed by atoms with Gasteiger partial charge in [0.1, 0.15) is 0 Å². The molecule has 0 saturated heterocycles. The van der Waals surface area contributed by atoms with Crippen molar-refractivity contribution < 1.29 is 4.74 Å². The summed E-state index contributed by atoms with van der Waals surface area (Å²) in [5, 5.41) is 2.99. The molecule has 1 N–H and O–H groups in total. The summed E-state index contributed by atoms with van der Waals surface area (Å²) in [6, 6.07) is 1.74. The first-order valence-corrected chi connectivity index (χ1v) is 4.96. The Morgan fingerprint density at radius 3 is 3.13 bits per heavy atom. The van der Waals surface area contributed by atoms with E-state index in [9.17, 15) is 0 Å². The molecule has 0 bridgehead atoms. The summed E-state index contributed by atoms with van der Waals surface area (Å²) < 4.78 is 5.37. The molecule has 0 atom stereocenters. The molecule has 80 valence electrons. The molecule has 1 heterocycles. The molecule has 4 heteroatoms. The molecular formula is C11H15N3O. The van der Waals surface area contributed by atoms with Crippen LogP contribution in [-0.2, 0) is 0 Å². The molecule has 4 nitrogen and oxygen atoms in total. The molecule has 0 saturated carbocycles. The molecule has 0 fully saturated rings. The molecule has 0 radical (unpaired) electrons. The molecule has 0 aliphatic heterocycles. The summed E-state index contributed by atoms with van der Waals surface area (Å²) in [6.45, 7) is 5.07. The SMILES string of the molecule is CC#CCNc1nccc(OCCC)n1. The first kappa shape index (κ1) is 11.3. The van der Waals surface area contributed by atoms with Gasteiger partial charge in [-0.05, 0) is 13.3 Å². The Morgan fingerprint density at radius 1 is 1.53 bits per heavy atom. The molecular weight excluding hydrogens is 190 g/mol. The summed E-state index contributed by atoms with van der Waals surface area (Å²) in [4.78, 5) is 8.22. The lowest BCUT2D eigenvalue weighted by Gasteiger charge is -2.04. The normalized spacial score (nSPS) is 8.93. The monoisotopic (exact) mass is 205 g/mol. The average Bonchev–Trinajstić information content (AvgIpc) is 2.27. The zero-order valence-electron chi connectivity index (χ0n) is 9.08. The van der Waals surface area contributed by atoms with Gasteiger partial charge in [0, 0.05) is 12.3 Å². The van der Waals surface area contributed by atoms with Gasteiger partial charge in [-0.15, -0.1) is 5.92 Å². The number of rotatable bonds is 5. The van der Waals surface area contributed by atoms with Gasteiger partial charge in [0.25, 0.3) is 0 Å². The zero-order valence-corrected chi connectivity index (χ0v) is 9.08. The van der Waals surface area contributed by atoms with Crippen LogP contribution in [0.4, 0.5) is 5.95 Å². The Bertz CT molecular complexity index is 354. The Balaban J connectivity index is 2.52. The largest absolute Gasteiger partial charge is 0.478 e. The van der Waals surface area contributed by atoms with Gasteiger partial charge < -0.3 is 10.1 Å². The third-order valence-corrected chi connectivity index (χ3v) is 1.60. The maximum atomic E-state index is 5.37. The number of hydrogen-bond acceptors (Lipinski definition) is 4. The van der Waals surface area contributed by atoms with E-state index in [2.05, 4.69) is 34.0 Å². The maximum absolute atomic E-state index is 5.37. The average molecular weight is 205 g/mol. The van der Waals surface area contributed by atoms with Crippen molar-refractivity contribution in [3.8, 4) is 17.7 Å². The van der Waals surface area contributed by atoms with Crippen LogP contribution in [0.5, 0.6) is 5.88 Å². The van der Waals surface area contributed by atoms with Crippen molar-refractivity contribution in [1.82, 2.24) is 9.97 Å². The lowest BCUT2D eigenvalue weighted by atomic mass is 10.5. The Labute approximate surface area is 90.1 Å². The van der Waals surface area contributed by atoms with Crippen LogP contribution in [0.1, 0.15) is 20.3 Å². The quantitative estimate of drug-likeness (QED) is 0.743. The molecule has 0 aliphatic rings. The highest BCUT2D eigenvalue weighted by molar-refractivity contribution is 5.29. The highest BCUT2D eigenvalue weighted by Gasteiger charge is 1.97. The van der Waals surface area contributed by atoms with Gasteiger partial charge in [0.15, 0.2) is 0 Å². The van der Waals surface area contributed by atoms with Gasteiger partial charge in [-0.3, -0.25) is 0 Å². The minimum atomic E-state index is 0.548. The molecule has 0 aliphatic carbocycles. The number of nitrogens with one attached hydrogen (secondary N) is 1. The highest BCUT2D eigenvalue weighted by atomic mass is 16.5. The lowest BCUT2D eigenvalue weighted by Crippen LogP contribution is -2.05. The van der Waals surface area contributed by atoms with Gasteiger partial charge in [-0.25, -0.2) is 4.98 Å². The summed E-state index contributed by atoms with van der Waals surface area (Å²) >= 11 is 0. The van der Waals surface area contributed by atoms with E-state index in [0.29, 0.717) is 25.0 Å². The minimum absolute atomic E-state index is 0.548. The van der Waals surface area contributed by atoms with Crippen LogP contribution >= 0.6 is 0 Å². The van der Waals surface area contributed by atoms with Gasteiger partial charge in [-0.1, -0.05) is 12.8 Å². The number of anilines is 1. The van der Waals surface area contributed by atoms with E-state index in [0.717, 1.165) is 6.42 Å². The fraction of sp³-hybridized carbons (Fsp3) is 0.455. The van der Waals surface area contributed by atoms with Crippen LogP contribution in [-0.4, -0.2) is 23.1 Å². The van der Waals surface area contributed by atoms with Crippen molar-refractivity contribution in [3.63, 3.8) is 0 Å². The van der Waals surface area contributed by atoms with Crippen molar-refractivity contribution in [1.29, 1.82) is 0 Å². The van der Waals surface area contributed by atoms with E-state index >= 15 is 0 Å². The summed E-state index contributed by atoms with van der Waals surface area (Å²) in [6.07, 6.45) is 2.63. The van der Waals surface area contributed by atoms with E-state index in [1.54, 1.807) is 19.2 Å². The molecule has 15 heavy (non-hydrogen) atoms. The third-order valence-electron chi connectivity index (χ3n) is 1.60. The van der Waals surface area contributed by atoms with E-state index in [4.69, 9.17) is 4.74 Å². The molecule has 1 aromatic rings. The van der Waals surface area contributed by atoms with Gasteiger partial charge in [0.05, 0.1) is 13.2 Å². The number of hydrogen-bond donors (Lipinski definition) is 1. The summed E-state index contributed by atoms with van der Waals surface area (Å²) in [5.41, 5.74) is 0. The van der Waals surface area contributed by atoms with Gasteiger partial charge in [-0.2, -0.15) is 4.98 Å². The fourth-order valence-electron chi connectivity index (χ4n) is 0.926. The minimum Gasteiger partial charge on any atom is -0.478 e. The zero-order chi connectivity index (χ0) is 10.9. The standard InChI is InChI=1S/C11H15N3O/c1-3-5-7-12-11-13-8-6-10(14-11)15-9-4-2/h6,8H,4,7,9H2,1-2H3,(H,12,13,14). The van der Waals surface area contributed by atoms with E-state index < -0.39 is 0 Å². The second-order valence-corrected chi connectivity index (χ2v) is 2.85. The molecule has 0 amide bonds. The molecule has 0 unspecified atom stereocenters. The van der Waals surface area contributed by atoms with Crippen molar-refractivity contribution in [2.24, 2.45) is 0 Å². The van der Waals surface area contributed by atoms with Crippen LogP contribution in [0.15, 0.2) is 12.3 Å². The predicted molar refractivity (Wildman–Crippen MR) is 59.8 cm³/mol. The van der Waals surface area contributed by atoms with Crippen LogP contribution in [0.2, 0.25) is 0 Å². The smallest absolute Gasteiger partial charge is 0.226 e. The van der Waals surface area contributed by atoms with Crippen LogP contribution in [0, 0.1) is 11.8 Å². The Hall–Kier alpha value is -1.76. The lowest BCUT2D eigenvalue weighted by molar-refractivity contribution is 0.305. The second-order valence-electron chi connectivity index (χ2n) is 2.85. The second kappa shape index (κ2) is 6.66. The molecule has 0 spiro atoms. The molecule has 1 aromatic heterocycles. The van der Waals surface area contributed by atoms with E-state index in [1.807, 2.05) is 0 Å². The van der Waals surface area contributed by atoms with Crippen molar-refractivity contribution >= 4 is 5.95 Å². The van der Waals surface area contributed by atoms with Crippen LogP contribution < -0.4 is 10.1 Å². The van der Waals surface area contributed by atoms with E-state index in [1.165, 1.54) is 0 Å². The molecule has 1 rings (SSSR count). The molecule has 0 aromatic carbocycles. The van der Waals surface area contributed by atoms with Crippen LogP contribution in [0.3, 0.4) is 0 Å². The number of nitrogens with zero attached hydrogens (tertiary/aromatic N) is 2. The summed E-state index contributed by atoms with van der Waals surface area (Å²) in [7, 11) is 0. The summed E-state index contributed by atoms with van der Waals surface area (Å²) in [5.74, 6) is 6.81. The van der Waals surface area contributed by atoms with Crippen LogP contribution in [0.25, 0.3) is 0 Å². The van der Waals surface area contributed by atoms with E-state index in [-0.39, 0.29) is 0 Å². The van der Waals surface area contributed by atoms with Gasteiger partial charge in [0.2, 0.25) is 11.8 Å². The predicted octanol–water partition coefficient (Wildman–Crippen LogP) is 1.70. The van der Waals surface area contributed by atoms with Gasteiger partial charge >= 0.3 is 0 Å². The van der Waals surface area contributed by atoms with Crippen molar-refractivity contribution in [2.75, 3.05) is 18.5 Å². The first-order chi connectivity index (χ1) is 7.36. The van der Waals surface area contributed by atoms with Crippen molar-refractivity contribution in [2.45, 2.75) is 20.3 Å². The maximum Gasteiger partial charge on any atom is 0.226 e. The fourth-order valence-corrected chi connectivity index (χ4v) is 0.926. The first-order valence-electron chi connectivity index (χ1n) is 4.96. The number of ether oxygens (including phenoxy) is 1. The van der Waals surface area contributed by atoms with Crippen molar-refractivity contribution in [3.05, 3.63) is 12.3 Å². The Morgan fingerprint density at radius 2 is 2.40 bits per heavy atom.